The number of carboxylic acids is 1. The van der Waals surface area contributed by atoms with Crippen LogP contribution in [-0.4, -0.2) is 41.2 Å². The number of nitrogens with one attached hydrogen (secondary N) is 1. The van der Waals surface area contributed by atoms with Crippen LogP contribution in [-0.2, 0) is 4.79 Å². The van der Waals surface area contributed by atoms with Gasteiger partial charge in [-0.05, 0) is 31.6 Å². The van der Waals surface area contributed by atoms with Crippen molar-refractivity contribution in [3.05, 3.63) is 11.8 Å². The Morgan fingerprint density at radius 3 is 2.75 bits per heavy atom. The third-order valence-corrected chi connectivity index (χ3v) is 4.29. The van der Waals surface area contributed by atoms with E-state index in [2.05, 4.69) is 15.3 Å². The van der Waals surface area contributed by atoms with E-state index in [0.29, 0.717) is 18.4 Å². The normalized spacial score (nSPS) is 25.8. The minimum Gasteiger partial charge on any atom is -0.481 e. The minimum atomic E-state index is -0.689. The lowest BCUT2D eigenvalue weighted by atomic mass is 9.92. The van der Waals surface area contributed by atoms with Crippen LogP contribution in [0.3, 0.4) is 0 Å². The smallest absolute Gasteiger partial charge is 0.308 e. The molecular formula is C14H20N4O2. The highest BCUT2D eigenvalue weighted by molar-refractivity contribution is 5.72. The van der Waals surface area contributed by atoms with Crippen molar-refractivity contribution < 1.29 is 9.90 Å². The van der Waals surface area contributed by atoms with Crippen LogP contribution in [0.4, 0.5) is 11.8 Å². The third kappa shape index (κ3) is 2.42. The summed E-state index contributed by atoms with van der Waals surface area (Å²) in [5.41, 5.74) is 0.890. The van der Waals surface area contributed by atoms with Crippen LogP contribution >= 0.6 is 0 Å². The van der Waals surface area contributed by atoms with Crippen molar-refractivity contribution in [1.82, 2.24) is 9.97 Å². The fourth-order valence-corrected chi connectivity index (χ4v) is 3.08. The summed E-state index contributed by atoms with van der Waals surface area (Å²) in [5, 5.41) is 12.4. The number of carboxylic acid groups (broad SMARTS) is 1. The molecule has 1 aromatic heterocycles. The zero-order valence-corrected chi connectivity index (χ0v) is 11.8. The molecule has 0 amide bonds. The highest BCUT2D eigenvalue weighted by Crippen LogP contribution is 2.44. The second kappa shape index (κ2) is 4.92. The largest absolute Gasteiger partial charge is 0.481 e. The Labute approximate surface area is 118 Å². The van der Waals surface area contributed by atoms with Gasteiger partial charge in [-0.25, -0.2) is 4.98 Å². The van der Waals surface area contributed by atoms with E-state index in [1.807, 2.05) is 24.9 Å². The third-order valence-electron chi connectivity index (χ3n) is 4.29. The summed E-state index contributed by atoms with van der Waals surface area (Å²) < 4.78 is 0. The molecule has 3 rings (SSSR count). The second-order valence-electron chi connectivity index (χ2n) is 5.80. The number of aromatic nitrogens is 2. The molecule has 1 saturated heterocycles. The summed E-state index contributed by atoms with van der Waals surface area (Å²) >= 11 is 0. The molecule has 2 N–H and O–H groups in total. The first-order valence-electron chi connectivity index (χ1n) is 7.09. The lowest BCUT2D eigenvalue weighted by Crippen LogP contribution is -2.25. The second-order valence-corrected chi connectivity index (χ2v) is 5.80. The Balaban J connectivity index is 1.84. The van der Waals surface area contributed by atoms with E-state index in [0.717, 1.165) is 18.1 Å². The maximum atomic E-state index is 11.4. The standard InChI is InChI=1S/C14H20N4O2/c1-8-5-12(15-2)17-14(16-8)18-6-10(9-3-4-9)11(7-18)13(19)20/h5,9-11H,3-4,6-7H2,1-2H3,(H,19,20)(H,15,16,17)/t10-,11+/m0/s1. The van der Waals surface area contributed by atoms with E-state index >= 15 is 0 Å². The minimum absolute atomic E-state index is 0.245. The SMILES string of the molecule is CNc1cc(C)nc(N2C[C@@H](C(=O)O)[C@H](C3CC3)C2)n1. The van der Waals surface area contributed by atoms with E-state index in [1.54, 1.807) is 0 Å². The van der Waals surface area contributed by atoms with Crippen LogP contribution in [0, 0.1) is 24.7 Å². The van der Waals surface area contributed by atoms with E-state index in [-0.39, 0.29) is 11.8 Å². The number of hydrogen-bond acceptors (Lipinski definition) is 5. The molecule has 1 aromatic rings. The van der Waals surface area contributed by atoms with Crippen LogP contribution in [0.15, 0.2) is 6.07 Å². The first-order valence-corrected chi connectivity index (χ1v) is 7.09. The number of aliphatic carboxylic acids is 1. The maximum absolute atomic E-state index is 11.4. The average Bonchev–Trinajstić information content (AvgIpc) is 3.16. The first-order chi connectivity index (χ1) is 9.58. The van der Waals surface area contributed by atoms with Gasteiger partial charge in [-0.15, -0.1) is 0 Å². The Morgan fingerprint density at radius 2 is 2.15 bits per heavy atom. The van der Waals surface area contributed by atoms with Gasteiger partial charge in [0.05, 0.1) is 5.92 Å². The Kier molecular flexibility index (Phi) is 3.23. The van der Waals surface area contributed by atoms with Crippen LogP contribution in [0.25, 0.3) is 0 Å². The maximum Gasteiger partial charge on any atom is 0.308 e. The van der Waals surface area contributed by atoms with E-state index in [1.165, 1.54) is 12.8 Å². The molecule has 2 heterocycles. The topological polar surface area (TPSA) is 78.4 Å². The number of hydrogen-bond donors (Lipinski definition) is 2. The van der Waals surface area contributed by atoms with Crippen LogP contribution in [0.2, 0.25) is 0 Å². The quantitative estimate of drug-likeness (QED) is 0.865. The van der Waals surface area contributed by atoms with Gasteiger partial charge in [0, 0.05) is 31.9 Å². The molecule has 20 heavy (non-hydrogen) atoms. The molecule has 108 valence electrons. The molecule has 1 aliphatic heterocycles. The predicted molar refractivity (Wildman–Crippen MR) is 75.9 cm³/mol. The zero-order chi connectivity index (χ0) is 14.3. The van der Waals surface area contributed by atoms with E-state index < -0.39 is 5.97 Å². The number of nitrogens with zero attached hydrogens (tertiary/aromatic N) is 3. The molecule has 0 aromatic carbocycles. The summed E-state index contributed by atoms with van der Waals surface area (Å²) in [6.07, 6.45) is 2.33. The molecule has 1 saturated carbocycles. The molecule has 0 bridgehead atoms. The monoisotopic (exact) mass is 276 g/mol. The molecule has 2 fully saturated rings. The zero-order valence-electron chi connectivity index (χ0n) is 11.8. The summed E-state index contributed by atoms with van der Waals surface area (Å²) in [6, 6.07) is 1.88. The van der Waals surface area contributed by atoms with Gasteiger partial charge in [0.25, 0.3) is 0 Å². The lowest BCUT2D eigenvalue weighted by molar-refractivity contribution is -0.142. The van der Waals surface area contributed by atoms with Crippen molar-refractivity contribution >= 4 is 17.7 Å². The number of rotatable bonds is 4. The van der Waals surface area contributed by atoms with Gasteiger partial charge in [0.15, 0.2) is 0 Å². The van der Waals surface area contributed by atoms with Crippen molar-refractivity contribution in [3.8, 4) is 0 Å². The van der Waals surface area contributed by atoms with Gasteiger partial charge in [-0.1, -0.05) is 0 Å². The van der Waals surface area contributed by atoms with Gasteiger partial charge in [0.1, 0.15) is 5.82 Å². The molecule has 1 aliphatic carbocycles. The fourth-order valence-electron chi connectivity index (χ4n) is 3.08. The summed E-state index contributed by atoms with van der Waals surface area (Å²) in [7, 11) is 1.82. The van der Waals surface area contributed by atoms with Crippen LogP contribution < -0.4 is 10.2 Å². The average molecular weight is 276 g/mol. The fraction of sp³-hybridized carbons (Fsp3) is 0.643. The van der Waals surface area contributed by atoms with Gasteiger partial charge in [-0.2, -0.15) is 4.98 Å². The van der Waals surface area contributed by atoms with Gasteiger partial charge in [0.2, 0.25) is 5.95 Å². The lowest BCUT2D eigenvalue weighted by Gasteiger charge is -2.17. The Bertz CT molecular complexity index is 530. The van der Waals surface area contributed by atoms with Crippen molar-refractivity contribution in [2.75, 3.05) is 30.4 Å². The molecule has 0 unspecified atom stereocenters. The number of anilines is 2. The van der Waals surface area contributed by atoms with E-state index in [4.69, 9.17) is 0 Å². The van der Waals surface area contributed by atoms with E-state index in [9.17, 15) is 9.90 Å². The Hall–Kier alpha value is -1.85. The highest BCUT2D eigenvalue weighted by atomic mass is 16.4. The molecule has 6 heteroatoms. The summed E-state index contributed by atoms with van der Waals surface area (Å²) in [5.74, 6) is 1.26. The van der Waals surface area contributed by atoms with Crippen molar-refractivity contribution in [1.29, 1.82) is 0 Å². The first kappa shape index (κ1) is 13.1. The van der Waals surface area contributed by atoms with Crippen molar-refractivity contribution in [3.63, 3.8) is 0 Å². The molecule has 2 atom stereocenters. The number of carbonyl (C=O) groups is 1. The van der Waals surface area contributed by atoms with Crippen LogP contribution in [0.5, 0.6) is 0 Å². The molecule has 0 radical (unpaired) electrons. The summed E-state index contributed by atoms with van der Waals surface area (Å²) in [6.45, 7) is 3.20. The van der Waals surface area contributed by atoms with Gasteiger partial charge >= 0.3 is 5.97 Å². The molecule has 0 spiro atoms. The molecule has 6 nitrogen and oxygen atoms in total. The van der Waals surface area contributed by atoms with Crippen molar-refractivity contribution in [2.24, 2.45) is 17.8 Å². The van der Waals surface area contributed by atoms with Crippen molar-refractivity contribution in [2.45, 2.75) is 19.8 Å². The highest BCUT2D eigenvalue weighted by Gasteiger charge is 2.46. The predicted octanol–water partition coefficient (Wildman–Crippen LogP) is 1.37. The number of aryl methyl sites for hydroxylation is 1. The van der Waals surface area contributed by atoms with Gasteiger partial charge < -0.3 is 15.3 Å². The Morgan fingerprint density at radius 1 is 1.40 bits per heavy atom. The van der Waals surface area contributed by atoms with Gasteiger partial charge in [-0.3, -0.25) is 4.79 Å². The van der Waals surface area contributed by atoms with Crippen LogP contribution in [0.1, 0.15) is 18.5 Å². The summed E-state index contributed by atoms with van der Waals surface area (Å²) in [4.78, 5) is 22.4. The molecular weight excluding hydrogens is 256 g/mol. The molecule has 2 aliphatic rings.